The van der Waals surface area contributed by atoms with Crippen molar-refractivity contribution in [1.29, 1.82) is 0 Å². The van der Waals surface area contributed by atoms with Gasteiger partial charge < -0.3 is 14.8 Å². The van der Waals surface area contributed by atoms with Crippen molar-refractivity contribution in [2.24, 2.45) is 0 Å². The highest BCUT2D eigenvalue weighted by Crippen LogP contribution is 2.24. The van der Waals surface area contributed by atoms with Gasteiger partial charge in [0.1, 0.15) is 11.5 Å². The van der Waals surface area contributed by atoms with Crippen LogP contribution >= 0.6 is 0 Å². The molecular weight excluding hydrogens is 320 g/mol. The SMILES string of the molecule is COc1ccc2ccc(OCC(=O)NC(=O)NC3CCCC3)cc2c1. The van der Waals surface area contributed by atoms with E-state index in [1.807, 2.05) is 30.3 Å². The summed E-state index contributed by atoms with van der Waals surface area (Å²) in [6.07, 6.45) is 4.18. The molecule has 132 valence electrons. The van der Waals surface area contributed by atoms with Crippen LogP contribution in [0.15, 0.2) is 36.4 Å². The Balaban J connectivity index is 1.52. The van der Waals surface area contributed by atoms with E-state index in [9.17, 15) is 9.59 Å². The van der Waals surface area contributed by atoms with Gasteiger partial charge in [0.25, 0.3) is 5.91 Å². The van der Waals surface area contributed by atoms with Crippen LogP contribution in [0.4, 0.5) is 4.79 Å². The summed E-state index contributed by atoms with van der Waals surface area (Å²) in [5.74, 6) is 0.847. The molecule has 0 heterocycles. The first-order chi connectivity index (χ1) is 12.1. The standard InChI is InChI=1S/C19H22N2O4/c1-24-16-8-6-13-7-9-17(11-14(13)10-16)25-12-18(22)21-19(23)20-15-4-2-3-5-15/h6-11,15H,2-5,12H2,1H3,(H2,20,21,22,23). The van der Waals surface area contributed by atoms with Gasteiger partial charge >= 0.3 is 6.03 Å². The fourth-order valence-corrected chi connectivity index (χ4v) is 3.02. The van der Waals surface area contributed by atoms with Gasteiger partial charge in [0.05, 0.1) is 7.11 Å². The maximum absolute atomic E-state index is 11.8. The number of urea groups is 1. The molecule has 0 saturated heterocycles. The average Bonchev–Trinajstić information content (AvgIpc) is 3.12. The Morgan fingerprint density at radius 1 is 1.04 bits per heavy atom. The number of benzene rings is 2. The van der Waals surface area contributed by atoms with Gasteiger partial charge in [0.2, 0.25) is 0 Å². The summed E-state index contributed by atoms with van der Waals surface area (Å²) < 4.78 is 10.7. The van der Waals surface area contributed by atoms with Crippen molar-refractivity contribution in [3.05, 3.63) is 36.4 Å². The third kappa shape index (κ3) is 4.62. The van der Waals surface area contributed by atoms with Gasteiger partial charge in [-0.3, -0.25) is 10.1 Å². The predicted molar refractivity (Wildman–Crippen MR) is 94.9 cm³/mol. The van der Waals surface area contributed by atoms with Gasteiger partial charge in [-0.15, -0.1) is 0 Å². The minimum atomic E-state index is -0.471. The van der Waals surface area contributed by atoms with Crippen LogP contribution in [0.1, 0.15) is 25.7 Å². The summed E-state index contributed by atoms with van der Waals surface area (Å²) in [6.45, 7) is -0.215. The molecule has 2 aromatic carbocycles. The van der Waals surface area contributed by atoms with Gasteiger partial charge in [-0.05, 0) is 47.9 Å². The number of carbonyl (C=O) groups is 2. The van der Waals surface area contributed by atoms with Crippen molar-refractivity contribution in [3.63, 3.8) is 0 Å². The Morgan fingerprint density at radius 3 is 2.44 bits per heavy atom. The molecular formula is C19H22N2O4. The van der Waals surface area contributed by atoms with Crippen LogP contribution < -0.4 is 20.1 Å². The molecule has 0 aromatic heterocycles. The molecule has 6 nitrogen and oxygen atoms in total. The normalized spacial score (nSPS) is 14.3. The predicted octanol–water partition coefficient (Wildman–Crippen LogP) is 3.00. The molecule has 2 N–H and O–H groups in total. The Hall–Kier alpha value is -2.76. The van der Waals surface area contributed by atoms with Crippen molar-refractivity contribution >= 4 is 22.7 Å². The number of amides is 3. The lowest BCUT2D eigenvalue weighted by molar-refractivity contribution is -0.122. The summed E-state index contributed by atoms with van der Waals surface area (Å²) in [5, 5.41) is 7.11. The van der Waals surface area contributed by atoms with Crippen LogP contribution in [0.2, 0.25) is 0 Å². The third-order valence-corrected chi connectivity index (χ3v) is 4.33. The van der Waals surface area contributed by atoms with E-state index in [1.165, 1.54) is 0 Å². The molecule has 1 fully saturated rings. The van der Waals surface area contributed by atoms with Crippen LogP contribution in [0.5, 0.6) is 11.5 Å². The number of nitrogens with one attached hydrogen (secondary N) is 2. The summed E-state index contributed by atoms with van der Waals surface area (Å²) in [6, 6.07) is 11.0. The van der Waals surface area contributed by atoms with E-state index in [1.54, 1.807) is 13.2 Å². The smallest absolute Gasteiger partial charge is 0.321 e. The fourth-order valence-electron chi connectivity index (χ4n) is 3.02. The van der Waals surface area contributed by atoms with E-state index in [0.717, 1.165) is 42.2 Å². The number of fused-ring (bicyclic) bond motifs is 1. The van der Waals surface area contributed by atoms with Crippen LogP contribution in [0, 0.1) is 0 Å². The summed E-state index contributed by atoms with van der Waals surface area (Å²) >= 11 is 0. The molecule has 0 aliphatic heterocycles. The van der Waals surface area contributed by atoms with Gasteiger partial charge in [-0.1, -0.05) is 25.0 Å². The molecule has 25 heavy (non-hydrogen) atoms. The first-order valence-electron chi connectivity index (χ1n) is 8.45. The number of methoxy groups -OCH3 is 1. The second kappa shape index (κ2) is 7.88. The summed E-state index contributed by atoms with van der Waals surface area (Å²) in [4.78, 5) is 23.6. The van der Waals surface area contributed by atoms with Crippen molar-refractivity contribution < 1.29 is 19.1 Å². The fraction of sp³-hybridized carbons (Fsp3) is 0.368. The number of hydrogen-bond acceptors (Lipinski definition) is 4. The number of carbonyl (C=O) groups excluding carboxylic acids is 2. The van der Waals surface area contributed by atoms with E-state index < -0.39 is 11.9 Å². The largest absolute Gasteiger partial charge is 0.497 e. The van der Waals surface area contributed by atoms with Crippen LogP contribution in [-0.4, -0.2) is 31.7 Å². The molecule has 1 saturated carbocycles. The molecule has 3 amide bonds. The van der Waals surface area contributed by atoms with E-state index in [4.69, 9.17) is 9.47 Å². The Kier molecular flexibility index (Phi) is 5.38. The molecule has 0 unspecified atom stereocenters. The monoisotopic (exact) mass is 342 g/mol. The van der Waals surface area contributed by atoms with E-state index in [2.05, 4.69) is 10.6 Å². The highest BCUT2D eigenvalue weighted by molar-refractivity contribution is 5.95. The Labute approximate surface area is 146 Å². The van der Waals surface area contributed by atoms with E-state index in [-0.39, 0.29) is 12.6 Å². The maximum Gasteiger partial charge on any atom is 0.321 e. The number of rotatable bonds is 5. The lowest BCUT2D eigenvalue weighted by Gasteiger charge is -2.12. The molecule has 0 bridgehead atoms. The highest BCUT2D eigenvalue weighted by Gasteiger charge is 2.18. The molecule has 0 spiro atoms. The molecule has 0 atom stereocenters. The van der Waals surface area contributed by atoms with Gasteiger partial charge in [-0.25, -0.2) is 4.79 Å². The second-order valence-corrected chi connectivity index (χ2v) is 6.17. The average molecular weight is 342 g/mol. The van der Waals surface area contributed by atoms with Crippen LogP contribution in [-0.2, 0) is 4.79 Å². The third-order valence-electron chi connectivity index (χ3n) is 4.33. The minimum absolute atomic E-state index is 0.171. The zero-order valence-corrected chi connectivity index (χ0v) is 14.2. The lowest BCUT2D eigenvalue weighted by atomic mass is 10.1. The van der Waals surface area contributed by atoms with Gasteiger partial charge in [-0.2, -0.15) is 0 Å². The van der Waals surface area contributed by atoms with Crippen molar-refractivity contribution in [1.82, 2.24) is 10.6 Å². The molecule has 2 aromatic rings. The summed E-state index contributed by atoms with van der Waals surface area (Å²) in [7, 11) is 1.61. The second-order valence-electron chi connectivity index (χ2n) is 6.17. The molecule has 6 heteroatoms. The van der Waals surface area contributed by atoms with Crippen molar-refractivity contribution in [3.8, 4) is 11.5 Å². The van der Waals surface area contributed by atoms with Crippen molar-refractivity contribution in [2.45, 2.75) is 31.7 Å². The lowest BCUT2D eigenvalue weighted by Crippen LogP contribution is -2.45. The van der Waals surface area contributed by atoms with Gasteiger partial charge in [0, 0.05) is 6.04 Å². The van der Waals surface area contributed by atoms with Crippen LogP contribution in [0.3, 0.4) is 0 Å². The molecule has 0 radical (unpaired) electrons. The van der Waals surface area contributed by atoms with Crippen molar-refractivity contribution in [2.75, 3.05) is 13.7 Å². The number of hydrogen-bond donors (Lipinski definition) is 2. The zero-order chi connectivity index (χ0) is 17.6. The quantitative estimate of drug-likeness (QED) is 0.876. The number of ether oxygens (including phenoxy) is 2. The molecule has 3 rings (SSSR count). The first-order valence-corrected chi connectivity index (χ1v) is 8.45. The Bertz CT molecular complexity index is 769. The van der Waals surface area contributed by atoms with Crippen LogP contribution in [0.25, 0.3) is 10.8 Å². The first kappa shape index (κ1) is 17.1. The van der Waals surface area contributed by atoms with E-state index >= 15 is 0 Å². The van der Waals surface area contributed by atoms with E-state index in [0.29, 0.717) is 5.75 Å². The maximum atomic E-state index is 11.8. The van der Waals surface area contributed by atoms with Gasteiger partial charge in [0.15, 0.2) is 6.61 Å². The Morgan fingerprint density at radius 2 is 1.72 bits per heavy atom. The zero-order valence-electron chi connectivity index (χ0n) is 14.2. The number of imide groups is 1. The topological polar surface area (TPSA) is 76.7 Å². The summed E-state index contributed by atoms with van der Waals surface area (Å²) in [5.41, 5.74) is 0. The molecule has 1 aliphatic rings. The minimum Gasteiger partial charge on any atom is -0.497 e. The molecule has 1 aliphatic carbocycles. The highest BCUT2D eigenvalue weighted by atomic mass is 16.5.